The Morgan fingerprint density at radius 2 is 2.31 bits per heavy atom. The second kappa shape index (κ2) is 9.21. The van der Waals surface area contributed by atoms with E-state index in [0.29, 0.717) is 49.0 Å². The number of ether oxygens (including phenoxy) is 1. The van der Waals surface area contributed by atoms with Crippen LogP contribution in [0.5, 0.6) is 5.75 Å². The molecular weight excluding hydrogens is 418 g/mol. The molecule has 0 fully saturated rings. The van der Waals surface area contributed by atoms with E-state index in [4.69, 9.17) is 9.26 Å². The molecule has 0 radical (unpaired) electrons. The smallest absolute Gasteiger partial charge is 0.268 e. The van der Waals surface area contributed by atoms with E-state index in [0.717, 1.165) is 4.88 Å². The van der Waals surface area contributed by atoms with Gasteiger partial charge in [0.15, 0.2) is 5.82 Å². The molecular formula is C18H20ClN5O4S. The first-order chi connectivity index (χ1) is 13.7. The molecule has 3 aromatic heterocycles. The van der Waals surface area contributed by atoms with Gasteiger partial charge in [0.1, 0.15) is 11.3 Å². The van der Waals surface area contributed by atoms with Gasteiger partial charge in [0.25, 0.3) is 17.4 Å². The van der Waals surface area contributed by atoms with Crippen LogP contribution in [0.25, 0.3) is 10.8 Å². The standard InChI is InChI=1S/C18H19N5O4S.ClH/c1-26-12-9-15(24)23-7-6-19-5-4-11(23)16(12)17(25)20-10-14-21-18(27-22-14)13-3-2-8-28-13;/h2-3,8-9,19H,4-7,10H2,1H3,(H,20,25);1H. The molecule has 4 rings (SSSR count). The Labute approximate surface area is 176 Å². The average Bonchev–Trinajstić information content (AvgIpc) is 3.33. The van der Waals surface area contributed by atoms with Gasteiger partial charge >= 0.3 is 0 Å². The highest BCUT2D eigenvalue weighted by atomic mass is 35.5. The van der Waals surface area contributed by atoms with Crippen LogP contribution in [0.15, 0.2) is 32.9 Å². The number of carbonyl (C=O) groups excluding carboxylic acids is 1. The van der Waals surface area contributed by atoms with Gasteiger partial charge in [-0.2, -0.15) is 4.98 Å². The summed E-state index contributed by atoms with van der Waals surface area (Å²) in [5.41, 5.74) is 0.859. The molecule has 4 heterocycles. The van der Waals surface area contributed by atoms with Crippen LogP contribution in [0.1, 0.15) is 21.9 Å². The summed E-state index contributed by atoms with van der Waals surface area (Å²) in [6.45, 7) is 1.97. The third-order valence-corrected chi connectivity index (χ3v) is 5.34. The Bertz CT molecular complexity index is 1050. The van der Waals surface area contributed by atoms with E-state index in [1.54, 1.807) is 4.57 Å². The van der Waals surface area contributed by atoms with Gasteiger partial charge in [0.05, 0.1) is 18.5 Å². The molecule has 1 aliphatic rings. The number of carbonyl (C=O) groups is 1. The number of halogens is 1. The van der Waals surface area contributed by atoms with Crippen molar-refractivity contribution in [1.82, 2.24) is 25.3 Å². The Hall–Kier alpha value is -2.69. The molecule has 29 heavy (non-hydrogen) atoms. The van der Waals surface area contributed by atoms with Crippen molar-refractivity contribution in [1.29, 1.82) is 0 Å². The van der Waals surface area contributed by atoms with E-state index < -0.39 is 0 Å². The van der Waals surface area contributed by atoms with Crippen molar-refractivity contribution in [3.8, 4) is 16.5 Å². The molecule has 0 unspecified atom stereocenters. The van der Waals surface area contributed by atoms with Gasteiger partial charge in [-0.05, 0) is 11.4 Å². The number of hydrogen-bond acceptors (Lipinski definition) is 8. The molecule has 9 nitrogen and oxygen atoms in total. The molecule has 0 aromatic carbocycles. The second-order valence-electron chi connectivity index (χ2n) is 6.20. The number of rotatable bonds is 5. The molecule has 3 aromatic rings. The number of methoxy groups -OCH3 is 1. The van der Waals surface area contributed by atoms with Crippen LogP contribution in [-0.2, 0) is 19.5 Å². The highest BCUT2D eigenvalue weighted by Crippen LogP contribution is 2.23. The lowest BCUT2D eigenvalue weighted by atomic mass is 10.1. The quantitative estimate of drug-likeness (QED) is 0.621. The van der Waals surface area contributed by atoms with E-state index >= 15 is 0 Å². The van der Waals surface area contributed by atoms with Crippen LogP contribution < -0.4 is 20.9 Å². The lowest BCUT2D eigenvalue weighted by molar-refractivity contribution is 0.0944. The number of pyridine rings is 1. The summed E-state index contributed by atoms with van der Waals surface area (Å²) in [7, 11) is 1.45. The first-order valence-corrected chi connectivity index (χ1v) is 9.71. The number of amides is 1. The third kappa shape index (κ3) is 4.34. The Kier molecular flexibility index (Phi) is 6.68. The molecule has 0 bridgehead atoms. The molecule has 1 amide bonds. The van der Waals surface area contributed by atoms with Crippen LogP contribution in [0.2, 0.25) is 0 Å². The van der Waals surface area contributed by atoms with Crippen molar-refractivity contribution >= 4 is 29.7 Å². The molecule has 0 atom stereocenters. The van der Waals surface area contributed by atoms with Gasteiger partial charge in [-0.25, -0.2) is 0 Å². The summed E-state index contributed by atoms with van der Waals surface area (Å²) in [6.07, 6.45) is 0.555. The number of nitrogens with one attached hydrogen (secondary N) is 2. The monoisotopic (exact) mass is 437 g/mol. The fraction of sp³-hybridized carbons (Fsp3) is 0.333. The van der Waals surface area contributed by atoms with E-state index in [-0.39, 0.29) is 36.2 Å². The zero-order chi connectivity index (χ0) is 19.5. The van der Waals surface area contributed by atoms with Crippen molar-refractivity contribution in [3.63, 3.8) is 0 Å². The minimum atomic E-state index is -0.343. The molecule has 154 valence electrons. The SMILES string of the molecule is COc1cc(=O)n2c(c1C(=O)NCc1noc(-c3cccs3)n1)CCNCC2.Cl. The first-order valence-electron chi connectivity index (χ1n) is 8.83. The van der Waals surface area contributed by atoms with Crippen molar-refractivity contribution in [2.45, 2.75) is 19.5 Å². The predicted molar refractivity (Wildman–Crippen MR) is 110 cm³/mol. The summed E-state index contributed by atoms with van der Waals surface area (Å²) in [5.74, 6) is 0.715. The predicted octanol–water partition coefficient (Wildman–Crippen LogP) is 1.47. The molecule has 11 heteroatoms. The lowest BCUT2D eigenvalue weighted by Crippen LogP contribution is -2.31. The largest absolute Gasteiger partial charge is 0.496 e. The van der Waals surface area contributed by atoms with Crippen molar-refractivity contribution in [2.24, 2.45) is 0 Å². The summed E-state index contributed by atoms with van der Waals surface area (Å²) in [6, 6.07) is 5.14. The first kappa shape index (κ1) is 21.0. The van der Waals surface area contributed by atoms with Crippen LogP contribution in [0, 0.1) is 0 Å². The Morgan fingerprint density at radius 1 is 1.45 bits per heavy atom. The summed E-state index contributed by atoms with van der Waals surface area (Å²) in [5, 5.41) is 11.9. The van der Waals surface area contributed by atoms with Crippen LogP contribution in [0.4, 0.5) is 0 Å². The number of thiophene rings is 1. The van der Waals surface area contributed by atoms with Gasteiger partial charge in [-0.15, -0.1) is 23.7 Å². The van der Waals surface area contributed by atoms with E-state index in [2.05, 4.69) is 20.8 Å². The average molecular weight is 438 g/mol. The van der Waals surface area contributed by atoms with E-state index in [1.807, 2.05) is 17.5 Å². The number of fused-ring (bicyclic) bond motifs is 1. The topological polar surface area (TPSA) is 111 Å². The summed E-state index contributed by atoms with van der Waals surface area (Å²) in [4.78, 5) is 30.4. The van der Waals surface area contributed by atoms with Crippen molar-refractivity contribution in [2.75, 3.05) is 20.2 Å². The highest BCUT2D eigenvalue weighted by Gasteiger charge is 2.23. The molecule has 1 aliphatic heterocycles. The maximum atomic E-state index is 12.9. The number of hydrogen-bond donors (Lipinski definition) is 2. The zero-order valence-electron chi connectivity index (χ0n) is 15.6. The maximum Gasteiger partial charge on any atom is 0.268 e. The molecule has 0 spiro atoms. The minimum absolute atomic E-state index is 0. The maximum absolute atomic E-state index is 12.9. The van der Waals surface area contributed by atoms with Crippen LogP contribution in [-0.4, -0.2) is 40.8 Å². The van der Waals surface area contributed by atoms with Gasteiger partial charge < -0.3 is 24.5 Å². The van der Waals surface area contributed by atoms with E-state index in [1.165, 1.54) is 24.5 Å². The lowest BCUT2D eigenvalue weighted by Gasteiger charge is -2.16. The van der Waals surface area contributed by atoms with Crippen LogP contribution >= 0.6 is 23.7 Å². The molecule has 0 saturated heterocycles. The highest BCUT2D eigenvalue weighted by molar-refractivity contribution is 7.13. The number of nitrogens with zero attached hydrogens (tertiary/aromatic N) is 3. The Morgan fingerprint density at radius 3 is 3.07 bits per heavy atom. The zero-order valence-corrected chi connectivity index (χ0v) is 17.3. The van der Waals surface area contributed by atoms with Crippen molar-refractivity contribution < 1.29 is 14.1 Å². The third-order valence-electron chi connectivity index (χ3n) is 4.49. The van der Waals surface area contributed by atoms with Gasteiger partial charge in [-0.3, -0.25) is 9.59 Å². The summed E-state index contributed by atoms with van der Waals surface area (Å²) >= 11 is 1.50. The fourth-order valence-electron chi connectivity index (χ4n) is 3.18. The number of aromatic nitrogens is 3. The van der Waals surface area contributed by atoms with Crippen LogP contribution in [0.3, 0.4) is 0 Å². The van der Waals surface area contributed by atoms with Gasteiger partial charge in [-0.1, -0.05) is 11.2 Å². The molecule has 0 aliphatic carbocycles. The second-order valence-corrected chi connectivity index (χ2v) is 7.15. The van der Waals surface area contributed by atoms with Gasteiger partial charge in [0.2, 0.25) is 0 Å². The van der Waals surface area contributed by atoms with Crippen molar-refractivity contribution in [3.05, 3.63) is 51.0 Å². The van der Waals surface area contributed by atoms with E-state index in [9.17, 15) is 9.59 Å². The summed E-state index contributed by atoms with van der Waals surface area (Å²) < 4.78 is 12.2. The molecule has 2 N–H and O–H groups in total. The molecule has 0 saturated carbocycles. The Balaban J connectivity index is 0.00000240. The normalized spacial score (nSPS) is 13.1. The van der Waals surface area contributed by atoms with Gasteiger partial charge in [0, 0.05) is 37.8 Å². The minimum Gasteiger partial charge on any atom is -0.496 e. The fourth-order valence-corrected chi connectivity index (χ4v) is 3.82.